The molecule has 0 aromatic heterocycles. The molecule has 0 atom stereocenters. The molecule has 3 aromatic carbocycles. The molecule has 3 aromatic rings. The first kappa shape index (κ1) is 23.4. The number of piperazine rings is 1. The summed E-state index contributed by atoms with van der Waals surface area (Å²) in [4.78, 5) is 28.6. The Hall–Kier alpha value is -3.80. The van der Waals surface area contributed by atoms with Gasteiger partial charge in [-0.15, -0.1) is 0 Å². The van der Waals surface area contributed by atoms with Gasteiger partial charge >= 0.3 is 6.09 Å². The number of nitrogens with zero attached hydrogens (tertiary/aromatic N) is 2. The minimum Gasteiger partial charge on any atom is -0.445 e. The second kappa shape index (κ2) is 11.9. The van der Waals surface area contributed by atoms with E-state index >= 15 is 0 Å². The van der Waals surface area contributed by atoms with Crippen LogP contribution >= 0.6 is 0 Å². The number of ether oxygens (including phenoxy) is 1. The van der Waals surface area contributed by atoms with Gasteiger partial charge in [0, 0.05) is 44.0 Å². The van der Waals surface area contributed by atoms with E-state index in [1.54, 1.807) is 4.90 Å². The average Bonchev–Trinajstić information content (AvgIpc) is 2.89. The highest BCUT2D eigenvalue weighted by molar-refractivity contribution is 5.90. The Balaban J connectivity index is 1.17. The van der Waals surface area contributed by atoms with E-state index < -0.39 is 0 Å². The van der Waals surface area contributed by atoms with Crippen LogP contribution in [-0.2, 0) is 22.6 Å². The fourth-order valence-corrected chi connectivity index (χ4v) is 4.03. The number of rotatable bonds is 8. The highest BCUT2D eigenvalue weighted by Gasteiger charge is 2.22. The van der Waals surface area contributed by atoms with Crippen LogP contribution in [-0.4, -0.2) is 43.1 Å². The van der Waals surface area contributed by atoms with E-state index in [0.29, 0.717) is 26.1 Å². The standard InChI is InChI=1S/C28H31N3O3/c32-27(13-7-12-23-8-3-1-4-9-23)29-25-14-16-26(17-15-25)30-18-20-31(21-19-30)28(33)34-22-24-10-5-2-6-11-24/h1-6,8-11,14-17H,7,12-13,18-22H2,(H,29,32). The first-order chi connectivity index (χ1) is 16.7. The lowest BCUT2D eigenvalue weighted by Crippen LogP contribution is -2.48. The Morgan fingerprint density at radius 1 is 0.765 bits per heavy atom. The first-order valence-corrected chi connectivity index (χ1v) is 11.8. The zero-order chi connectivity index (χ0) is 23.6. The zero-order valence-corrected chi connectivity index (χ0v) is 19.4. The van der Waals surface area contributed by atoms with Gasteiger partial charge in [-0.05, 0) is 48.2 Å². The summed E-state index contributed by atoms with van der Waals surface area (Å²) >= 11 is 0. The van der Waals surface area contributed by atoms with Crippen molar-refractivity contribution >= 4 is 23.4 Å². The topological polar surface area (TPSA) is 61.9 Å². The molecule has 0 spiro atoms. The number of nitrogens with one attached hydrogen (secondary N) is 1. The summed E-state index contributed by atoms with van der Waals surface area (Å²) in [6, 6.07) is 27.8. The molecule has 0 bridgehead atoms. The largest absolute Gasteiger partial charge is 0.445 e. The molecule has 1 fully saturated rings. The quantitative estimate of drug-likeness (QED) is 0.511. The van der Waals surface area contributed by atoms with Gasteiger partial charge in [-0.3, -0.25) is 4.79 Å². The molecule has 4 rings (SSSR count). The van der Waals surface area contributed by atoms with Crippen LogP contribution in [0.4, 0.5) is 16.2 Å². The van der Waals surface area contributed by atoms with Gasteiger partial charge in [0.15, 0.2) is 0 Å². The highest BCUT2D eigenvalue weighted by Crippen LogP contribution is 2.20. The van der Waals surface area contributed by atoms with Gasteiger partial charge in [0.2, 0.25) is 5.91 Å². The minimum atomic E-state index is -0.270. The number of carbonyl (C=O) groups is 2. The normalized spacial score (nSPS) is 13.4. The third-order valence-electron chi connectivity index (χ3n) is 5.97. The first-order valence-electron chi connectivity index (χ1n) is 11.8. The summed E-state index contributed by atoms with van der Waals surface area (Å²) in [5.74, 6) is 0.0336. The molecule has 0 unspecified atom stereocenters. The summed E-state index contributed by atoms with van der Waals surface area (Å²) < 4.78 is 5.44. The van der Waals surface area contributed by atoms with Crippen LogP contribution in [0.3, 0.4) is 0 Å². The van der Waals surface area contributed by atoms with Crippen molar-refractivity contribution in [2.24, 2.45) is 0 Å². The fraction of sp³-hybridized carbons (Fsp3) is 0.286. The molecule has 1 aliphatic rings. The van der Waals surface area contributed by atoms with E-state index in [-0.39, 0.29) is 12.0 Å². The van der Waals surface area contributed by atoms with Crippen LogP contribution in [0.5, 0.6) is 0 Å². The number of carbonyl (C=O) groups excluding carboxylic acids is 2. The molecule has 1 heterocycles. The van der Waals surface area contributed by atoms with Gasteiger partial charge in [-0.2, -0.15) is 0 Å². The summed E-state index contributed by atoms with van der Waals surface area (Å²) in [6.45, 7) is 3.01. The molecule has 1 saturated heterocycles. The number of hydrogen-bond donors (Lipinski definition) is 1. The van der Waals surface area contributed by atoms with Gasteiger partial charge < -0.3 is 19.9 Å². The average molecular weight is 458 g/mol. The molecule has 176 valence electrons. The number of aryl methyl sites for hydroxylation is 1. The summed E-state index contributed by atoms with van der Waals surface area (Å²) in [7, 11) is 0. The molecule has 2 amide bonds. The van der Waals surface area contributed by atoms with Gasteiger partial charge in [0.25, 0.3) is 0 Å². The van der Waals surface area contributed by atoms with E-state index in [9.17, 15) is 9.59 Å². The van der Waals surface area contributed by atoms with Crippen LogP contribution in [0.25, 0.3) is 0 Å². The second-order valence-electron chi connectivity index (χ2n) is 8.45. The van der Waals surface area contributed by atoms with Crippen molar-refractivity contribution in [3.05, 3.63) is 96.1 Å². The van der Waals surface area contributed by atoms with Crippen molar-refractivity contribution in [3.63, 3.8) is 0 Å². The smallest absolute Gasteiger partial charge is 0.410 e. The van der Waals surface area contributed by atoms with Crippen LogP contribution in [0.1, 0.15) is 24.0 Å². The van der Waals surface area contributed by atoms with Gasteiger partial charge in [0.1, 0.15) is 6.61 Å². The second-order valence-corrected chi connectivity index (χ2v) is 8.45. The summed E-state index contributed by atoms with van der Waals surface area (Å²) in [5, 5.41) is 2.98. The van der Waals surface area contributed by atoms with Crippen molar-refractivity contribution < 1.29 is 14.3 Å². The maximum atomic E-state index is 12.4. The zero-order valence-electron chi connectivity index (χ0n) is 19.4. The maximum Gasteiger partial charge on any atom is 0.410 e. The van der Waals surface area contributed by atoms with Crippen LogP contribution in [0.2, 0.25) is 0 Å². The summed E-state index contributed by atoms with van der Waals surface area (Å²) in [6.07, 6.45) is 1.96. The van der Waals surface area contributed by atoms with Crippen molar-refractivity contribution in [2.75, 3.05) is 36.4 Å². The lowest BCUT2D eigenvalue weighted by Gasteiger charge is -2.35. The van der Waals surface area contributed by atoms with E-state index in [2.05, 4.69) is 22.3 Å². The van der Waals surface area contributed by atoms with Gasteiger partial charge in [0.05, 0.1) is 0 Å². The Morgan fingerprint density at radius 2 is 1.38 bits per heavy atom. The predicted molar refractivity (Wildman–Crippen MR) is 135 cm³/mol. The van der Waals surface area contributed by atoms with E-state index in [4.69, 9.17) is 4.74 Å². The predicted octanol–water partition coefficient (Wildman–Crippen LogP) is 5.11. The molecule has 34 heavy (non-hydrogen) atoms. The van der Waals surface area contributed by atoms with Crippen LogP contribution in [0, 0.1) is 0 Å². The third-order valence-corrected chi connectivity index (χ3v) is 5.97. The molecule has 0 radical (unpaired) electrons. The number of benzene rings is 3. The molecule has 1 N–H and O–H groups in total. The Bertz CT molecular complexity index is 1050. The number of hydrogen-bond acceptors (Lipinski definition) is 4. The van der Waals surface area contributed by atoms with Crippen molar-refractivity contribution in [1.82, 2.24) is 4.90 Å². The Kier molecular flexibility index (Phi) is 8.17. The van der Waals surface area contributed by atoms with Crippen molar-refractivity contribution in [3.8, 4) is 0 Å². The Labute approximate surface area is 201 Å². The van der Waals surface area contributed by atoms with E-state index in [0.717, 1.165) is 42.9 Å². The maximum absolute atomic E-state index is 12.4. The molecule has 6 nitrogen and oxygen atoms in total. The highest BCUT2D eigenvalue weighted by atomic mass is 16.6. The summed E-state index contributed by atoms with van der Waals surface area (Å²) in [5.41, 5.74) is 4.12. The van der Waals surface area contributed by atoms with E-state index in [1.165, 1.54) is 5.56 Å². The van der Waals surface area contributed by atoms with Crippen molar-refractivity contribution in [2.45, 2.75) is 25.9 Å². The number of anilines is 2. The molecular formula is C28H31N3O3. The minimum absolute atomic E-state index is 0.0336. The third kappa shape index (κ3) is 6.85. The van der Waals surface area contributed by atoms with Crippen molar-refractivity contribution in [1.29, 1.82) is 0 Å². The molecular weight excluding hydrogens is 426 g/mol. The van der Waals surface area contributed by atoms with Crippen LogP contribution < -0.4 is 10.2 Å². The van der Waals surface area contributed by atoms with Gasteiger partial charge in [-0.1, -0.05) is 60.7 Å². The molecule has 0 saturated carbocycles. The van der Waals surface area contributed by atoms with Gasteiger partial charge in [-0.25, -0.2) is 4.79 Å². The molecule has 1 aliphatic heterocycles. The monoisotopic (exact) mass is 457 g/mol. The number of amides is 2. The SMILES string of the molecule is O=C(CCCc1ccccc1)Nc1ccc(N2CCN(C(=O)OCc3ccccc3)CC2)cc1. The lowest BCUT2D eigenvalue weighted by atomic mass is 10.1. The lowest BCUT2D eigenvalue weighted by molar-refractivity contribution is -0.116. The fourth-order valence-electron chi connectivity index (χ4n) is 4.03. The van der Waals surface area contributed by atoms with Crippen LogP contribution in [0.15, 0.2) is 84.9 Å². The molecule has 6 heteroatoms. The Morgan fingerprint density at radius 3 is 2.03 bits per heavy atom. The molecule has 0 aliphatic carbocycles. The van der Waals surface area contributed by atoms with E-state index in [1.807, 2.05) is 72.8 Å².